The van der Waals surface area contributed by atoms with Gasteiger partial charge in [-0.3, -0.25) is 0 Å². The molecule has 0 aliphatic heterocycles. The first-order valence-corrected chi connectivity index (χ1v) is 8.46. The zero-order chi connectivity index (χ0) is 14.0. The first kappa shape index (κ1) is 15.6. The molecule has 0 atom stereocenters. The lowest BCUT2D eigenvalue weighted by Gasteiger charge is -2.21. The molecule has 0 unspecified atom stereocenters. The smallest absolute Gasteiger partial charge is 0.315 e. The summed E-state index contributed by atoms with van der Waals surface area (Å²) >= 11 is 0. The number of hydrogen-bond donors (Lipinski definition) is 2. The van der Waals surface area contributed by atoms with Crippen molar-refractivity contribution >= 4 is 6.03 Å². The molecule has 116 valence electrons. The largest absolute Gasteiger partial charge is 0.381 e. The van der Waals surface area contributed by atoms with E-state index in [-0.39, 0.29) is 6.03 Å². The predicted molar refractivity (Wildman–Crippen MR) is 80.8 cm³/mol. The topological polar surface area (TPSA) is 50.4 Å². The van der Waals surface area contributed by atoms with Crippen molar-refractivity contribution in [2.45, 2.75) is 70.3 Å². The summed E-state index contributed by atoms with van der Waals surface area (Å²) in [5, 5.41) is 6.05. The number of urea groups is 1. The summed E-state index contributed by atoms with van der Waals surface area (Å²) in [7, 11) is 0. The van der Waals surface area contributed by atoms with E-state index in [0.29, 0.717) is 12.6 Å². The molecule has 0 bridgehead atoms. The van der Waals surface area contributed by atoms with Crippen LogP contribution in [-0.2, 0) is 4.74 Å². The standard InChI is InChI=1S/C16H30N2O2/c19-16(17-11-6-12-20-13-14-9-10-14)18-15-7-4-2-1-3-5-8-15/h14-15H,1-13H2,(H2,17,18,19). The van der Waals surface area contributed by atoms with Gasteiger partial charge in [0, 0.05) is 25.8 Å². The second-order valence-corrected chi connectivity index (χ2v) is 6.31. The minimum atomic E-state index is -0.00207. The number of carbonyl (C=O) groups excluding carboxylic acids is 1. The second-order valence-electron chi connectivity index (χ2n) is 6.31. The van der Waals surface area contributed by atoms with Crippen LogP contribution in [0.2, 0.25) is 0 Å². The van der Waals surface area contributed by atoms with Crippen LogP contribution in [0.25, 0.3) is 0 Å². The van der Waals surface area contributed by atoms with E-state index in [0.717, 1.165) is 38.4 Å². The number of rotatable bonds is 7. The van der Waals surface area contributed by atoms with Crippen LogP contribution < -0.4 is 10.6 Å². The molecule has 2 fully saturated rings. The normalized spacial score (nSPS) is 21.0. The molecule has 2 aliphatic carbocycles. The first-order chi connectivity index (χ1) is 9.84. The number of amides is 2. The lowest BCUT2D eigenvalue weighted by atomic mass is 9.97. The molecular formula is C16H30N2O2. The summed E-state index contributed by atoms with van der Waals surface area (Å²) in [6, 6.07) is 0.374. The lowest BCUT2D eigenvalue weighted by molar-refractivity contribution is 0.122. The van der Waals surface area contributed by atoms with Crippen molar-refractivity contribution in [3.63, 3.8) is 0 Å². The number of ether oxygens (including phenoxy) is 1. The lowest BCUT2D eigenvalue weighted by Crippen LogP contribution is -2.42. The summed E-state index contributed by atoms with van der Waals surface area (Å²) in [6.45, 7) is 2.39. The maximum absolute atomic E-state index is 11.8. The predicted octanol–water partition coefficient (Wildman–Crippen LogP) is 3.22. The zero-order valence-corrected chi connectivity index (χ0v) is 12.7. The molecule has 0 aromatic heterocycles. The molecule has 4 nitrogen and oxygen atoms in total. The Hall–Kier alpha value is -0.770. The Kier molecular flexibility index (Phi) is 7.20. The average molecular weight is 282 g/mol. The SMILES string of the molecule is O=C(NCCCOCC1CC1)NC1CCCCCCC1. The van der Waals surface area contributed by atoms with E-state index in [4.69, 9.17) is 4.74 Å². The van der Waals surface area contributed by atoms with Crippen LogP contribution in [0, 0.1) is 5.92 Å². The van der Waals surface area contributed by atoms with Gasteiger partial charge in [0.15, 0.2) is 0 Å². The molecule has 0 saturated heterocycles. The van der Waals surface area contributed by atoms with Gasteiger partial charge in [-0.25, -0.2) is 4.79 Å². The molecular weight excluding hydrogens is 252 g/mol. The van der Waals surface area contributed by atoms with Crippen LogP contribution in [0.5, 0.6) is 0 Å². The minimum Gasteiger partial charge on any atom is -0.381 e. The van der Waals surface area contributed by atoms with Crippen LogP contribution in [-0.4, -0.2) is 31.8 Å². The maximum atomic E-state index is 11.8. The molecule has 0 aromatic rings. The summed E-state index contributed by atoms with van der Waals surface area (Å²) in [5.41, 5.74) is 0. The third-order valence-corrected chi connectivity index (χ3v) is 4.24. The fraction of sp³-hybridized carbons (Fsp3) is 0.938. The number of hydrogen-bond acceptors (Lipinski definition) is 2. The van der Waals surface area contributed by atoms with Crippen molar-refractivity contribution < 1.29 is 9.53 Å². The Labute approximate surface area is 123 Å². The third kappa shape index (κ3) is 7.13. The van der Waals surface area contributed by atoms with Gasteiger partial charge in [-0.05, 0) is 38.0 Å². The molecule has 0 aromatic carbocycles. The van der Waals surface area contributed by atoms with E-state index in [9.17, 15) is 4.79 Å². The monoisotopic (exact) mass is 282 g/mol. The van der Waals surface area contributed by atoms with Gasteiger partial charge >= 0.3 is 6.03 Å². The fourth-order valence-corrected chi connectivity index (χ4v) is 2.75. The Morgan fingerprint density at radius 3 is 2.40 bits per heavy atom. The molecule has 2 aliphatic rings. The first-order valence-electron chi connectivity index (χ1n) is 8.46. The summed E-state index contributed by atoms with van der Waals surface area (Å²) < 4.78 is 5.55. The van der Waals surface area contributed by atoms with Crippen molar-refractivity contribution in [3.05, 3.63) is 0 Å². The molecule has 2 rings (SSSR count). The Morgan fingerprint density at radius 2 is 1.70 bits per heavy atom. The van der Waals surface area contributed by atoms with Gasteiger partial charge in [0.2, 0.25) is 0 Å². The van der Waals surface area contributed by atoms with E-state index in [1.165, 1.54) is 44.9 Å². The fourth-order valence-electron chi connectivity index (χ4n) is 2.75. The van der Waals surface area contributed by atoms with Gasteiger partial charge in [0.1, 0.15) is 0 Å². The second kappa shape index (κ2) is 9.22. The molecule has 20 heavy (non-hydrogen) atoms. The van der Waals surface area contributed by atoms with Gasteiger partial charge in [-0.2, -0.15) is 0 Å². The molecule has 0 radical (unpaired) electrons. The molecule has 2 saturated carbocycles. The van der Waals surface area contributed by atoms with Crippen molar-refractivity contribution in [2.24, 2.45) is 5.92 Å². The summed E-state index contributed by atoms with van der Waals surface area (Å²) in [6.07, 6.45) is 12.3. The van der Waals surface area contributed by atoms with Gasteiger partial charge in [-0.1, -0.05) is 32.1 Å². The van der Waals surface area contributed by atoms with Crippen molar-refractivity contribution in [2.75, 3.05) is 19.8 Å². The van der Waals surface area contributed by atoms with Crippen LogP contribution in [0.1, 0.15) is 64.2 Å². The van der Waals surface area contributed by atoms with E-state index >= 15 is 0 Å². The van der Waals surface area contributed by atoms with Gasteiger partial charge in [0.25, 0.3) is 0 Å². The molecule has 2 amide bonds. The van der Waals surface area contributed by atoms with E-state index in [1.807, 2.05) is 0 Å². The maximum Gasteiger partial charge on any atom is 0.315 e. The number of nitrogens with one attached hydrogen (secondary N) is 2. The van der Waals surface area contributed by atoms with Crippen LogP contribution in [0.3, 0.4) is 0 Å². The molecule has 2 N–H and O–H groups in total. The Balaban J connectivity index is 1.45. The van der Waals surface area contributed by atoms with Gasteiger partial charge < -0.3 is 15.4 Å². The van der Waals surface area contributed by atoms with Gasteiger partial charge in [0.05, 0.1) is 0 Å². The molecule has 0 spiro atoms. The highest BCUT2D eigenvalue weighted by Crippen LogP contribution is 2.28. The van der Waals surface area contributed by atoms with Crippen molar-refractivity contribution in [1.82, 2.24) is 10.6 Å². The Bertz CT molecular complexity index is 272. The highest BCUT2D eigenvalue weighted by atomic mass is 16.5. The molecule has 0 heterocycles. The van der Waals surface area contributed by atoms with Crippen molar-refractivity contribution in [3.8, 4) is 0 Å². The summed E-state index contributed by atoms with van der Waals surface area (Å²) in [4.78, 5) is 11.8. The third-order valence-electron chi connectivity index (χ3n) is 4.24. The number of carbonyl (C=O) groups is 1. The quantitative estimate of drug-likeness (QED) is 0.704. The van der Waals surface area contributed by atoms with Gasteiger partial charge in [-0.15, -0.1) is 0 Å². The average Bonchev–Trinajstić information content (AvgIpc) is 3.21. The van der Waals surface area contributed by atoms with E-state index < -0.39 is 0 Å². The molecule has 4 heteroatoms. The highest BCUT2D eigenvalue weighted by Gasteiger charge is 2.20. The minimum absolute atomic E-state index is 0.00207. The van der Waals surface area contributed by atoms with E-state index in [2.05, 4.69) is 10.6 Å². The van der Waals surface area contributed by atoms with Crippen LogP contribution in [0.4, 0.5) is 4.79 Å². The van der Waals surface area contributed by atoms with E-state index in [1.54, 1.807) is 0 Å². The summed E-state index contributed by atoms with van der Waals surface area (Å²) in [5.74, 6) is 0.825. The highest BCUT2D eigenvalue weighted by molar-refractivity contribution is 5.74. The van der Waals surface area contributed by atoms with Crippen LogP contribution in [0.15, 0.2) is 0 Å². The zero-order valence-electron chi connectivity index (χ0n) is 12.7. The van der Waals surface area contributed by atoms with Crippen molar-refractivity contribution in [1.29, 1.82) is 0 Å². The van der Waals surface area contributed by atoms with Crippen LogP contribution >= 0.6 is 0 Å². The Morgan fingerprint density at radius 1 is 1.00 bits per heavy atom.